The van der Waals surface area contributed by atoms with Gasteiger partial charge in [-0.3, -0.25) is 9.59 Å². The first kappa shape index (κ1) is 23.5. The number of hydrogen-bond donors (Lipinski definition) is 2. The summed E-state index contributed by atoms with van der Waals surface area (Å²) in [6.07, 6.45) is 0.853. The smallest absolute Gasteiger partial charge is 0.416 e. The number of aromatic nitrogens is 1. The van der Waals surface area contributed by atoms with E-state index in [0.29, 0.717) is 37.1 Å². The van der Waals surface area contributed by atoms with E-state index in [9.17, 15) is 22.8 Å². The van der Waals surface area contributed by atoms with Crippen LogP contribution < -0.4 is 10.1 Å². The van der Waals surface area contributed by atoms with E-state index in [-0.39, 0.29) is 23.7 Å². The monoisotopic (exact) mass is 484 g/mol. The van der Waals surface area contributed by atoms with Crippen molar-refractivity contribution < 1.29 is 27.5 Å². The number of H-pyrrole nitrogens is 1. The quantitative estimate of drug-likeness (QED) is 0.429. The second-order valence-corrected chi connectivity index (χ2v) is 9.99. The fourth-order valence-electron chi connectivity index (χ4n) is 4.93. The summed E-state index contributed by atoms with van der Waals surface area (Å²) in [4.78, 5) is 27.7. The number of amides is 1. The average molecular weight is 485 g/mol. The number of aromatic amines is 1. The first-order chi connectivity index (χ1) is 16.6. The van der Waals surface area contributed by atoms with Crippen LogP contribution in [-0.4, -0.2) is 22.8 Å². The Morgan fingerprint density at radius 2 is 1.77 bits per heavy atom. The number of carbonyl (C=O) groups excluding carboxylic acids is 2. The van der Waals surface area contributed by atoms with Crippen molar-refractivity contribution in [2.75, 3.05) is 5.32 Å². The predicted octanol–water partition coefficient (Wildman–Crippen LogP) is 6.60. The number of nitrogens with one attached hydrogen (secondary N) is 2. The summed E-state index contributed by atoms with van der Waals surface area (Å²) in [5, 5.41) is 3.86. The van der Waals surface area contributed by atoms with Gasteiger partial charge in [-0.15, -0.1) is 0 Å². The Kier molecular flexibility index (Phi) is 5.85. The van der Waals surface area contributed by atoms with Crippen molar-refractivity contribution in [3.63, 3.8) is 0 Å². The highest BCUT2D eigenvalue weighted by Crippen LogP contribution is 2.41. The second-order valence-electron chi connectivity index (χ2n) is 9.99. The average Bonchev–Trinajstić information content (AvgIpc) is 3.19. The number of benzene rings is 2. The Morgan fingerprint density at radius 3 is 2.43 bits per heavy atom. The molecule has 0 radical (unpaired) electrons. The van der Waals surface area contributed by atoms with Crippen LogP contribution in [0.3, 0.4) is 0 Å². The molecule has 5 nitrogen and oxygen atoms in total. The van der Waals surface area contributed by atoms with Gasteiger partial charge >= 0.3 is 6.18 Å². The van der Waals surface area contributed by atoms with Gasteiger partial charge in [-0.05, 0) is 67.5 Å². The molecule has 0 aliphatic heterocycles. The number of Topliss-reactive ketones (excluding diaryl/α,β-unsaturated/α-hetero) is 1. The van der Waals surface area contributed by atoms with Gasteiger partial charge < -0.3 is 15.0 Å². The van der Waals surface area contributed by atoms with Crippen LogP contribution in [0.4, 0.5) is 18.9 Å². The van der Waals surface area contributed by atoms with E-state index in [1.807, 2.05) is 25.1 Å². The topological polar surface area (TPSA) is 71.2 Å². The fraction of sp³-hybridized carbons (Fsp3) is 0.407. The van der Waals surface area contributed by atoms with E-state index in [2.05, 4.69) is 10.3 Å². The molecule has 0 spiro atoms. The van der Waals surface area contributed by atoms with E-state index in [1.165, 1.54) is 0 Å². The number of rotatable bonds is 5. The highest BCUT2D eigenvalue weighted by Gasteiger charge is 2.37. The molecule has 2 saturated carbocycles. The minimum atomic E-state index is -4.33. The molecule has 2 fully saturated rings. The number of fused-ring (bicyclic) bond motifs is 1. The first-order valence-electron chi connectivity index (χ1n) is 11.9. The van der Waals surface area contributed by atoms with Gasteiger partial charge in [-0.25, -0.2) is 0 Å². The van der Waals surface area contributed by atoms with Gasteiger partial charge in [-0.2, -0.15) is 13.2 Å². The summed E-state index contributed by atoms with van der Waals surface area (Å²) in [5.41, 5.74) is 1.23. The molecule has 35 heavy (non-hydrogen) atoms. The fourth-order valence-corrected chi connectivity index (χ4v) is 4.93. The third-order valence-electron chi connectivity index (χ3n) is 7.47. The molecule has 0 atom stereocenters. The standard InChI is InChI=1S/C27H27F3N2O3/c1-26(10-8-19(33)9-11-26)25(34)32-24-15-31-23-7-6-20(14-22(23)24)35-21-12-17(13-21)16-2-4-18(5-3-16)27(28,29)30/h2-7,14-15,17,21,31H,8-13H2,1H3,(H,32,34). The van der Waals surface area contributed by atoms with Gasteiger partial charge in [0.25, 0.3) is 0 Å². The maximum Gasteiger partial charge on any atom is 0.416 e. The molecular weight excluding hydrogens is 457 g/mol. The Bertz CT molecular complexity index is 1250. The van der Waals surface area contributed by atoms with Crippen LogP contribution in [0.1, 0.15) is 62.5 Å². The molecule has 2 aromatic carbocycles. The molecule has 2 aliphatic carbocycles. The molecule has 8 heteroatoms. The van der Waals surface area contributed by atoms with Gasteiger partial charge in [0.15, 0.2) is 0 Å². The van der Waals surface area contributed by atoms with Crippen molar-refractivity contribution in [1.29, 1.82) is 0 Å². The van der Waals surface area contributed by atoms with Crippen LogP contribution in [0.15, 0.2) is 48.7 Å². The lowest BCUT2D eigenvalue weighted by molar-refractivity contribution is -0.137. The lowest BCUT2D eigenvalue weighted by Gasteiger charge is -2.36. The normalized spacial score (nSPS) is 22.0. The van der Waals surface area contributed by atoms with Crippen molar-refractivity contribution in [2.24, 2.45) is 5.41 Å². The Morgan fingerprint density at radius 1 is 1.09 bits per heavy atom. The molecule has 2 N–H and O–H groups in total. The van der Waals surface area contributed by atoms with Gasteiger partial charge in [0.2, 0.25) is 5.91 Å². The van der Waals surface area contributed by atoms with Crippen LogP contribution in [0.2, 0.25) is 0 Å². The lowest BCUT2D eigenvalue weighted by Crippen LogP contribution is -2.37. The molecule has 5 rings (SSSR count). The largest absolute Gasteiger partial charge is 0.490 e. The summed E-state index contributed by atoms with van der Waals surface area (Å²) in [7, 11) is 0. The molecule has 0 saturated heterocycles. The highest BCUT2D eigenvalue weighted by atomic mass is 19.4. The van der Waals surface area contributed by atoms with E-state index in [0.717, 1.165) is 41.4 Å². The zero-order valence-electron chi connectivity index (χ0n) is 19.4. The second kappa shape index (κ2) is 8.73. The van der Waals surface area contributed by atoms with E-state index in [1.54, 1.807) is 18.3 Å². The Balaban J connectivity index is 1.22. The molecule has 3 aromatic rings. The third-order valence-corrected chi connectivity index (χ3v) is 7.47. The first-order valence-corrected chi connectivity index (χ1v) is 11.9. The van der Waals surface area contributed by atoms with Crippen LogP contribution >= 0.6 is 0 Å². The molecular formula is C27H27F3N2O3. The number of anilines is 1. The number of carbonyl (C=O) groups is 2. The van der Waals surface area contributed by atoms with Crippen LogP contribution in [-0.2, 0) is 15.8 Å². The maximum absolute atomic E-state index is 13.0. The maximum atomic E-state index is 13.0. The van der Waals surface area contributed by atoms with E-state index in [4.69, 9.17) is 4.74 Å². The van der Waals surface area contributed by atoms with Crippen molar-refractivity contribution in [3.05, 3.63) is 59.8 Å². The van der Waals surface area contributed by atoms with Gasteiger partial charge in [0.05, 0.1) is 17.4 Å². The SMILES string of the molecule is CC1(C(=O)Nc2c[nH]c3ccc(OC4CC(c5ccc(C(F)(F)F)cc5)C4)cc23)CCC(=O)CC1. The summed E-state index contributed by atoms with van der Waals surface area (Å²) >= 11 is 0. The zero-order chi connectivity index (χ0) is 24.8. The molecule has 184 valence electrons. The third kappa shape index (κ3) is 4.79. The minimum Gasteiger partial charge on any atom is -0.490 e. The summed E-state index contributed by atoms with van der Waals surface area (Å²) in [6, 6.07) is 11.0. The summed E-state index contributed by atoms with van der Waals surface area (Å²) in [6.45, 7) is 1.90. The van der Waals surface area contributed by atoms with Crippen LogP contribution in [0.25, 0.3) is 10.9 Å². The number of ether oxygens (including phenoxy) is 1. The number of halogens is 3. The van der Waals surface area contributed by atoms with Gasteiger partial charge in [-0.1, -0.05) is 19.1 Å². The number of ketones is 1. The van der Waals surface area contributed by atoms with Crippen molar-refractivity contribution >= 4 is 28.3 Å². The molecule has 2 aliphatic rings. The van der Waals surface area contributed by atoms with E-state index >= 15 is 0 Å². The predicted molar refractivity (Wildman–Crippen MR) is 126 cm³/mol. The molecule has 1 amide bonds. The Labute approximate surface area is 201 Å². The van der Waals surface area contributed by atoms with Crippen LogP contribution in [0.5, 0.6) is 5.75 Å². The van der Waals surface area contributed by atoms with E-state index < -0.39 is 17.2 Å². The minimum absolute atomic E-state index is 0.0181. The number of alkyl halides is 3. The summed E-state index contributed by atoms with van der Waals surface area (Å²) < 4.78 is 44.5. The Hall–Kier alpha value is -3.29. The van der Waals surface area contributed by atoms with Crippen molar-refractivity contribution in [3.8, 4) is 5.75 Å². The number of hydrogen-bond acceptors (Lipinski definition) is 3. The van der Waals surface area contributed by atoms with Gasteiger partial charge in [0, 0.05) is 35.4 Å². The van der Waals surface area contributed by atoms with Crippen molar-refractivity contribution in [1.82, 2.24) is 4.98 Å². The zero-order valence-corrected chi connectivity index (χ0v) is 19.4. The summed E-state index contributed by atoms with van der Waals surface area (Å²) in [5.74, 6) is 0.977. The van der Waals surface area contributed by atoms with Crippen molar-refractivity contribution in [2.45, 2.75) is 63.6 Å². The highest BCUT2D eigenvalue weighted by molar-refractivity contribution is 6.04. The lowest BCUT2D eigenvalue weighted by atomic mass is 9.74. The van der Waals surface area contributed by atoms with Crippen LogP contribution in [0, 0.1) is 5.41 Å². The molecule has 0 unspecified atom stereocenters. The molecule has 1 heterocycles. The molecule has 1 aromatic heterocycles. The van der Waals surface area contributed by atoms with Gasteiger partial charge in [0.1, 0.15) is 11.5 Å². The molecule has 0 bridgehead atoms.